The number of rotatable bonds is 5. The molecule has 0 unspecified atom stereocenters. The zero-order valence-electron chi connectivity index (χ0n) is 11.8. The molecule has 1 N–H and O–H groups in total. The first-order valence-electron chi connectivity index (χ1n) is 7.67. The van der Waals surface area contributed by atoms with Crippen LogP contribution in [-0.4, -0.2) is 40.4 Å². The largest absolute Gasteiger partial charge is 0.369 e. The van der Waals surface area contributed by atoms with Gasteiger partial charge in [0.05, 0.1) is 0 Å². The van der Waals surface area contributed by atoms with Gasteiger partial charge in [-0.05, 0) is 38.2 Å². The summed E-state index contributed by atoms with van der Waals surface area (Å²) in [5.74, 6) is 2.60. The molecule has 1 saturated heterocycles. The molecular weight excluding hydrogens is 252 g/mol. The zero-order chi connectivity index (χ0) is 13.8. The fraction of sp³-hybridized carbons (Fsp3) is 0.667. The van der Waals surface area contributed by atoms with Gasteiger partial charge in [0, 0.05) is 38.2 Å². The Balaban J connectivity index is 1.44. The smallest absolute Gasteiger partial charge is 0.224 e. The summed E-state index contributed by atoms with van der Waals surface area (Å²) in [7, 11) is 0. The minimum atomic E-state index is 0.258. The summed E-state index contributed by atoms with van der Waals surface area (Å²) >= 11 is 0. The van der Waals surface area contributed by atoms with Gasteiger partial charge in [0.15, 0.2) is 0 Å². The van der Waals surface area contributed by atoms with E-state index in [4.69, 9.17) is 0 Å². The van der Waals surface area contributed by atoms with E-state index in [0.717, 1.165) is 37.6 Å². The van der Waals surface area contributed by atoms with Gasteiger partial charge in [-0.3, -0.25) is 4.79 Å². The Bertz CT molecular complexity index is 467. The molecule has 5 heteroatoms. The van der Waals surface area contributed by atoms with Crippen molar-refractivity contribution < 1.29 is 4.79 Å². The quantitative estimate of drug-likeness (QED) is 0.894. The Hall–Kier alpha value is -1.65. The van der Waals surface area contributed by atoms with Crippen LogP contribution in [0, 0.1) is 0 Å². The molecule has 108 valence electrons. The highest BCUT2D eigenvalue weighted by molar-refractivity contribution is 5.76. The standard InChI is InChI=1S/C15H22N4O/c20-14(19-10-2-1-3-11-19)7-9-16-13-6-8-17-15(18-13)12-4-5-12/h6,8,12H,1-5,7,9-11H2,(H,16,17,18). The van der Waals surface area contributed by atoms with Crippen LogP contribution in [0.5, 0.6) is 0 Å². The lowest BCUT2D eigenvalue weighted by atomic mass is 10.1. The molecule has 0 aromatic carbocycles. The van der Waals surface area contributed by atoms with Gasteiger partial charge in [-0.25, -0.2) is 9.97 Å². The molecule has 5 nitrogen and oxygen atoms in total. The van der Waals surface area contributed by atoms with Gasteiger partial charge in [-0.2, -0.15) is 0 Å². The number of carbonyl (C=O) groups excluding carboxylic acids is 1. The number of nitrogens with one attached hydrogen (secondary N) is 1. The van der Waals surface area contributed by atoms with Crippen molar-refractivity contribution in [2.24, 2.45) is 0 Å². The molecule has 1 aliphatic heterocycles. The number of aromatic nitrogens is 2. The maximum atomic E-state index is 12.0. The Morgan fingerprint density at radius 3 is 2.85 bits per heavy atom. The lowest BCUT2D eigenvalue weighted by Crippen LogP contribution is -2.36. The molecule has 3 rings (SSSR count). The van der Waals surface area contributed by atoms with E-state index in [-0.39, 0.29) is 5.91 Å². The van der Waals surface area contributed by atoms with Crippen molar-refractivity contribution in [1.29, 1.82) is 0 Å². The molecule has 0 bridgehead atoms. The van der Waals surface area contributed by atoms with E-state index in [1.807, 2.05) is 11.0 Å². The van der Waals surface area contributed by atoms with Gasteiger partial charge in [0.1, 0.15) is 11.6 Å². The van der Waals surface area contributed by atoms with Crippen LogP contribution in [0.4, 0.5) is 5.82 Å². The molecule has 2 fully saturated rings. The van der Waals surface area contributed by atoms with Crippen LogP contribution < -0.4 is 5.32 Å². The third kappa shape index (κ3) is 3.46. The number of carbonyl (C=O) groups is 1. The molecule has 1 aliphatic carbocycles. The average Bonchev–Trinajstić information content (AvgIpc) is 3.33. The molecule has 1 aromatic rings. The first kappa shape index (κ1) is 13.3. The summed E-state index contributed by atoms with van der Waals surface area (Å²) in [5, 5.41) is 3.24. The topological polar surface area (TPSA) is 58.1 Å². The van der Waals surface area contributed by atoms with Crippen LogP contribution >= 0.6 is 0 Å². The van der Waals surface area contributed by atoms with Gasteiger partial charge < -0.3 is 10.2 Å². The summed E-state index contributed by atoms with van der Waals surface area (Å²) in [5.41, 5.74) is 0. The molecule has 2 aliphatic rings. The van der Waals surface area contributed by atoms with Crippen molar-refractivity contribution in [1.82, 2.24) is 14.9 Å². The molecule has 20 heavy (non-hydrogen) atoms. The van der Waals surface area contributed by atoms with E-state index in [2.05, 4.69) is 15.3 Å². The number of piperidine rings is 1. The molecule has 1 saturated carbocycles. The Kier molecular flexibility index (Phi) is 4.14. The Morgan fingerprint density at radius 1 is 1.30 bits per heavy atom. The number of amides is 1. The first-order valence-corrected chi connectivity index (χ1v) is 7.67. The van der Waals surface area contributed by atoms with Crippen LogP contribution in [0.2, 0.25) is 0 Å². The zero-order valence-corrected chi connectivity index (χ0v) is 11.8. The number of nitrogens with zero attached hydrogens (tertiary/aromatic N) is 3. The van der Waals surface area contributed by atoms with E-state index in [1.54, 1.807) is 6.20 Å². The van der Waals surface area contributed by atoms with E-state index < -0.39 is 0 Å². The van der Waals surface area contributed by atoms with Crippen molar-refractivity contribution in [2.75, 3.05) is 25.0 Å². The van der Waals surface area contributed by atoms with E-state index in [1.165, 1.54) is 19.3 Å². The van der Waals surface area contributed by atoms with Gasteiger partial charge in [0.25, 0.3) is 0 Å². The summed E-state index contributed by atoms with van der Waals surface area (Å²) < 4.78 is 0. The molecule has 1 aromatic heterocycles. The molecule has 1 amide bonds. The van der Waals surface area contributed by atoms with Crippen LogP contribution in [0.1, 0.15) is 50.3 Å². The molecular formula is C15H22N4O. The van der Waals surface area contributed by atoms with Gasteiger partial charge in [-0.15, -0.1) is 0 Å². The second kappa shape index (κ2) is 6.20. The summed E-state index contributed by atoms with van der Waals surface area (Å²) in [6, 6.07) is 1.87. The minimum Gasteiger partial charge on any atom is -0.369 e. The van der Waals surface area contributed by atoms with Crippen molar-refractivity contribution >= 4 is 11.7 Å². The average molecular weight is 274 g/mol. The van der Waals surface area contributed by atoms with Crippen LogP contribution in [0.25, 0.3) is 0 Å². The van der Waals surface area contributed by atoms with Crippen LogP contribution in [-0.2, 0) is 4.79 Å². The molecule has 0 spiro atoms. The highest BCUT2D eigenvalue weighted by atomic mass is 16.2. The number of anilines is 1. The lowest BCUT2D eigenvalue weighted by molar-refractivity contribution is -0.131. The fourth-order valence-electron chi connectivity index (χ4n) is 2.61. The fourth-order valence-corrected chi connectivity index (χ4v) is 2.61. The highest BCUT2D eigenvalue weighted by Gasteiger charge is 2.26. The third-order valence-electron chi connectivity index (χ3n) is 3.97. The predicted octanol–water partition coefficient (Wildman–Crippen LogP) is 2.17. The van der Waals surface area contributed by atoms with Crippen LogP contribution in [0.3, 0.4) is 0 Å². The van der Waals surface area contributed by atoms with Crippen LogP contribution in [0.15, 0.2) is 12.3 Å². The monoisotopic (exact) mass is 274 g/mol. The van der Waals surface area contributed by atoms with Crippen molar-refractivity contribution in [3.05, 3.63) is 18.1 Å². The maximum absolute atomic E-state index is 12.0. The maximum Gasteiger partial charge on any atom is 0.224 e. The van der Waals surface area contributed by atoms with Crippen molar-refractivity contribution in [2.45, 2.75) is 44.4 Å². The third-order valence-corrected chi connectivity index (χ3v) is 3.97. The van der Waals surface area contributed by atoms with Gasteiger partial charge >= 0.3 is 0 Å². The summed E-state index contributed by atoms with van der Waals surface area (Å²) in [6.07, 6.45) is 8.31. The SMILES string of the molecule is O=C(CCNc1ccnc(C2CC2)n1)N1CCCCC1. The van der Waals surface area contributed by atoms with Gasteiger partial charge in [0.2, 0.25) is 5.91 Å². The molecule has 2 heterocycles. The first-order chi connectivity index (χ1) is 9.83. The predicted molar refractivity (Wildman–Crippen MR) is 77.5 cm³/mol. The number of hydrogen-bond acceptors (Lipinski definition) is 4. The summed E-state index contributed by atoms with van der Waals surface area (Å²) in [6.45, 7) is 2.51. The Labute approximate surface area is 119 Å². The van der Waals surface area contributed by atoms with E-state index in [9.17, 15) is 4.79 Å². The van der Waals surface area contributed by atoms with E-state index in [0.29, 0.717) is 18.9 Å². The molecule has 0 atom stereocenters. The normalized spacial score (nSPS) is 18.9. The minimum absolute atomic E-state index is 0.258. The number of likely N-dealkylation sites (tertiary alicyclic amines) is 1. The Morgan fingerprint density at radius 2 is 2.10 bits per heavy atom. The lowest BCUT2D eigenvalue weighted by Gasteiger charge is -2.26. The highest BCUT2D eigenvalue weighted by Crippen LogP contribution is 2.37. The van der Waals surface area contributed by atoms with Crippen molar-refractivity contribution in [3.8, 4) is 0 Å². The molecule has 0 radical (unpaired) electrons. The summed E-state index contributed by atoms with van der Waals surface area (Å²) in [4.78, 5) is 22.8. The second-order valence-corrected chi connectivity index (χ2v) is 5.69. The van der Waals surface area contributed by atoms with E-state index >= 15 is 0 Å². The number of hydrogen-bond donors (Lipinski definition) is 1. The van der Waals surface area contributed by atoms with Gasteiger partial charge in [-0.1, -0.05) is 0 Å². The second-order valence-electron chi connectivity index (χ2n) is 5.69. The van der Waals surface area contributed by atoms with Crippen molar-refractivity contribution in [3.63, 3.8) is 0 Å².